The summed E-state index contributed by atoms with van der Waals surface area (Å²) in [6.45, 7) is 1.32. The first-order chi connectivity index (χ1) is 10.4. The molecule has 1 aliphatic heterocycles. The van der Waals surface area contributed by atoms with Gasteiger partial charge in [0.05, 0.1) is 6.61 Å². The molecule has 1 heterocycles. The number of hydrogen-bond donors (Lipinski definition) is 3. The third-order valence-corrected chi connectivity index (χ3v) is 5.17. The van der Waals surface area contributed by atoms with Crippen molar-refractivity contribution in [1.29, 1.82) is 0 Å². The van der Waals surface area contributed by atoms with Crippen molar-refractivity contribution in [3.63, 3.8) is 0 Å². The van der Waals surface area contributed by atoms with Gasteiger partial charge in [0.1, 0.15) is 0 Å². The minimum Gasteiger partial charge on any atom is -0.392 e. The van der Waals surface area contributed by atoms with Crippen molar-refractivity contribution < 1.29 is 5.11 Å². The van der Waals surface area contributed by atoms with E-state index >= 15 is 0 Å². The van der Waals surface area contributed by atoms with Gasteiger partial charge in [0.15, 0.2) is 0 Å². The first-order valence-corrected chi connectivity index (χ1v) is 8.56. The molecule has 3 rings (SSSR count). The number of piperidine rings is 1. The molecule has 0 spiro atoms. The van der Waals surface area contributed by atoms with Gasteiger partial charge in [0, 0.05) is 17.8 Å². The van der Waals surface area contributed by atoms with E-state index in [9.17, 15) is 0 Å². The molecule has 1 saturated carbocycles. The van der Waals surface area contributed by atoms with Crippen LogP contribution in [0.5, 0.6) is 0 Å². The van der Waals surface area contributed by atoms with Crippen molar-refractivity contribution >= 4 is 5.69 Å². The van der Waals surface area contributed by atoms with Crippen LogP contribution in [0.1, 0.15) is 50.5 Å². The van der Waals surface area contributed by atoms with Crippen LogP contribution in [0.25, 0.3) is 0 Å². The maximum Gasteiger partial charge on any atom is 0.0681 e. The van der Waals surface area contributed by atoms with E-state index < -0.39 is 0 Å². The average molecular weight is 288 g/mol. The van der Waals surface area contributed by atoms with E-state index in [0.717, 1.165) is 11.5 Å². The fraction of sp³-hybridized carbons (Fsp3) is 0.667. The molecule has 1 aromatic rings. The molecule has 0 bridgehead atoms. The first-order valence-electron chi connectivity index (χ1n) is 8.56. The topological polar surface area (TPSA) is 44.3 Å². The van der Waals surface area contributed by atoms with E-state index in [4.69, 9.17) is 5.11 Å². The standard InChI is InChI=1S/C18H28N2O/c21-13-14-8-10-15(11-9-14)20-18-7-2-1-5-16(18)17-6-3-4-12-19-17/h8-11,16-21H,1-7,12-13H2. The zero-order valence-electron chi connectivity index (χ0n) is 12.9. The van der Waals surface area contributed by atoms with Crippen LogP contribution < -0.4 is 10.6 Å². The number of nitrogens with one attached hydrogen (secondary N) is 2. The fourth-order valence-electron chi connectivity index (χ4n) is 3.99. The Morgan fingerprint density at radius 3 is 2.48 bits per heavy atom. The minimum absolute atomic E-state index is 0.123. The monoisotopic (exact) mass is 288 g/mol. The van der Waals surface area contributed by atoms with Gasteiger partial charge in [-0.2, -0.15) is 0 Å². The molecule has 2 fully saturated rings. The highest BCUT2D eigenvalue weighted by atomic mass is 16.3. The molecule has 2 aliphatic rings. The van der Waals surface area contributed by atoms with Crippen LogP contribution in [0.3, 0.4) is 0 Å². The fourth-order valence-corrected chi connectivity index (χ4v) is 3.99. The summed E-state index contributed by atoms with van der Waals surface area (Å²) in [4.78, 5) is 0. The summed E-state index contributed by atoms with van der Waals surface area (Å²) in [6, 6.07) is 9.53. The highest BCUT2D eigenvalue weighted by Gasteiger charge is 2.32. The summed E-state index contributed by atoms with van der Waals surface area (Å²) in [6.07, 6.45) is 9.41. The van der Waals surface area contributed by atoms with Crippen LogP contribution in [0.15, 0.2) is 24.3 Å². The van der Waals surface area contributed by atoms with Gasteiger partial charge in [0.2, 0.25) is 0 Å². The number of benzene rings is 1. The van der Waals surface area contributed by atoms with Crippen LogP contribution in [-0.2, 0) is 6.61 Å². The predicted molar refractivity (Wildman–Crippen MR) is 87.4 cm³/mol. The number of aliphatic hydroxyl groups excluding tert-OH is 1. The Labute approximate surface area is 128 Å². The molecule has 3 nitrogen and oxygen atoms in total. The zero-order chi connectivity index (χ0) is 14.5. The third-order valence-electron chi connectivity index (χ3n) is 5.17. The second kappa shape index (κ2) is 7.28. The molecular weight excluding hydrogens is 260 g/mol. The maximum atomic E-state index is 9.13. The Bertz CT molecular complexity index is 425. The van der Waals surface area contributed by atoms with Crippen LogP contribution >= 0.6 is 0 Å². The Hall–Kier alpha value is -1.06. The van der Waals surface area contributed by atoms with Crippen molar-refractivity contribution in [2.75, 3.05) is 11.9 Å². The quantitative estimate of drug-likeness (QED) is 0.796. The summed E-state index contributed by atoms with van der Waals surface area (Å²) in [5.74, 6) is 0.761. The number of anilines is 1. The normalized spacial score (nSPS) is 30.0. The first kappa shape index (κ1) is 14.9. The van der Waals surface area contributed by atoms with Crippen LogP contribution in [0, 0.1) is 5.92 Å². The summed E-state index contributed by atoms with van der Waals surface area (Å²) in [5.41, 5.74) is 2.18. The smallest absolute Gasteiger partial charge is 0.0681 e. The third kappa shape index (κ3) is 3.78. The Kier molecular flexibility index (Phi) is 5.15. The molecule has 3 heteroatoms. The van der Waals surface area contributed by atoms with Gasteiger partial charge in [-0.1, -0.05) is 31.4 Å². The molecule has 0 aromatic heterocycles. The van der Waals surface area contributed by atoms with Crippen molar-refractivity contribution in [3.05, 3.63) is 29.8 Å². The molecule has 1 saturated heterocycles. The summed E-state index contributed by atoms with van der Waals surface area (Å²) < 4.78 is 0. The molecule has 3 atom stereocenters. The lowest BCUT2D eigenvalue weighted by molar-refractivity contribution is 0.217. The minimum atomic E-state index is 0.123. The van der Waals surface area contributed by atoms with E-state index in [0.29, 0.717) is 12.1 Å². The van der Waals surface area contributed by atoms with E-state index in [1.165, 1.54) is 57.2 Å². The van der Waals surface area contributed by atoms with E-state index in [2.05, 4.69) is 22.8 Å². The lowest BCUT2D eigenvalue weighted by atomic mass is 9.77. The van der Waals surface area contributed by atoms with Crippen molar-refractivity contribution in [3.8, 4) is 0 Å². The SMILES string of the molecule is OCc1ccc(NC2CCCCC2C2CCCCN2)cc1. The molecule has 3 unspecified atom stereocenters. The number of rotatable bonds is 4. The molecule has 1 aromatic carbocycles. The molecule has 116 valence electrons. The van der Waals surface area contributed by atoms with Crippen molar-refractivity contribution in [2.45, 2.75) is 63.6 Å². The second-order valence-corrected chi connectivity index (χ2v) is 6.61. The Morgan fingerprint density at radius 2 is 1.76 bits per heavy atom. The van der Waals surface area contributed by atoms with Gasteiger partial charge < -0.3 is 15.7 Å². The van der Waals surface area contributed by atoms with Gasteiger partial charge in [0.25, 0.3) is 0 Å². The highest BCUT2D eigenvalue weighted by Crippen LogP contribution is 2.32. The molecule has 0 radical (unpaired) electrons. The Balaban J connectivity index is 1.65. The van der Waals surface area contributed by atoms with Gasteiger partial charge in [-0.25, -0.2) is 0 Å². The molecule has 21 heavy (non-hydrogen) atoms. The summed E-state index contributed by atoms with van der Waals surface area (Å²) in [7, 11) is 0. The summed E-state index contributed by atoms with van der Waals surface area (Å²) >= 11 is 0. The predicted octanol–water partition coefficient (Wildman–Crippen LogP) is 3.29. The summed E-state index contributed by atoms with van der Waals surface area (Å²) in [5, 5.41) is 16.6. The van der Waals surface area contributed by atoms with Gasteiger partial charge in [-0.3, -0.25) is 0 Å². The van der Waals surface area contributed by atoms with Crippen LogP contribution in [0.4, 0.5) is 5.69 Å². The highest BCUT2D eigenvalue weighted by molar-refractivity contribution is 5.45. The van der Waals surface area contributed by atoms with Crippen LogP contribution in [0.2, 0.25) is 0 Å². The lowest BCUT2D eigenvalue weighted by Gasteiger charge is -2.40. The van der Waals surface area contributed by atoms with Crippen molar-refractivity contribution in [2.24, 2.45) is 5.92 Å². The van der Waals surface area contributed by atoms with E-state index in [-0.39, 0.29) is 6.61 Å². The average Bonchev–Trinajstić information content (AvgIpc) is 2.57. The zero-order valence-corrected chi connectivity index (χ0v) is 12.9. The van der Waals surface area contributed by atoms with Crippen LogP contribution in [-0.4, -0.2) is 23.7 Å². The number of hydrogen-bond acceptors (Lipinski definition) is 3. The van der Waals surface area contributed by atoms with Gasteiger partial charge in [-0.05, 0) is 55.8 Å². The van der Waals surface area contributed by atoms with Crippen molar-refractivity contribution in [1.82, 2.24) is 5.32 Å². The van der Waals surface area contributed by atoms with Gasteiger partial charge >= 0.3 is 0 Å². The Morgan fingerprint density at radius 1 is 1.00 bits per heavy atom. The largest absolute Gasteiger partial charge is 0.392 e. The van der Waals surface area contributed by atoms with E-state index in [1.54, 1.807) is 0 Å². The number of aliphatic hydroxyl groups is 1. The maximum absolute atomic E-state index is 9.13. The van der Waals surface area contributed by atoms with E-state index in [1.807, 2.05) is 12.1 Å². The molecule has 1 aliphatic carbocycles. The second-order valence-electron chi connectivity index (χ2n) is 6.61. The molecule has 0 amide bonds. The molecular formula is C18H28N2O. The molecule has 3 N–H and O–H groups in total. The lowest BCUT2D eigenvalue weighted by Crippen LogP contribution is -2.48. The van der Waals surface area contributed by atoms with Gasteiger partial charge in [-0.15, -0.1) is 0 Å².